The second-order valence-corrected chi connectivity index (χ2v) is 6.48. The van der Waals surface area contributed by atoms with Crippen molar-refractivity contribution in [2.24, 2.45) is 5.92 Å². The standard InChI is InChI=1S/C15H30N2O/c1-4-12-7-8-15(18)14(10-12)17-9-5-6-13(11-17)16(2)3/h12-15,18H,4-11H2,1-3H3. The normalized spacial score (nSPS) is 39.2. The number of nitrogens with zero attached hydrogens (tertiary/aromatic N) is 2. The summed E-state index contributed by atoms with van der Waals surface area (Å²) in [7, 11) is 4.36. The molecular weight excluding hydrogens is 224 g/mol. The van der Waals surface area contributed by atoms with Gasteiger partial charge in [-0.1, -0.05) is 13.3 Å². The molecule has 0 spiro atoms. The minimum absolute atomic E-state index is 0.0892. The van der Waals surface area contributed by atoms with Crippen molar-refractivity contribution in [3.63, 3.8) is 0 Å². The first-order valence-electron chi connectivity index (χ1n) is 7.70. The van der Waals surface area contributed by atoms with E-state index in [1.54, 1.807) is 0 Å². The average Bonchev–Trinajstić information content (AvgIpc) is 2.39. The van der Waals surface area contributed by atoms with Gasteiger partial charge in [-0.25, -0.2) is 0 Å². The van der Waals surface area contributed by atoms with Crippen LogP contribution in [0.15, 0.2) is 0 Å². The largest absolute Gasteiger partial charge is 0.391 e. The molecule has 0 bridgehead atoms. The summed E-state index contributed by atoms with van der Waals surface area (Å²) >= 11 is 0. The lowest BCUT2D eigenvalue weighted by atomic mass is 9.81. The van der Waals surface area contributed by atoms with Crippen LogP contribution in [-0.2, 0) is 0 Å². The third kappa shape index (κ3) is 3.25. The lowest BCUT2D eigenvalue weighted by Crippen LogP contribution is -2.54. The average molecular weight is 254 g/mol. The van der Waals surface area contributed by atoms with Crippen molar-refractivity contribution < 1.29 is 5.11 Å². The van der Waals surface area contributed by atoms with Crippen molar-refractivity contribution in [3.8, 4) is 0 Å². The Kier molecular flexibility index (Phi) is 5.05. The van der Waals surface area contributed by atoms with E-state index in [4.69, 9.17) is 0 Å². The first kappa shape index (κ1) is 14.3. The summed E-state index contributed by atoms with van der Waals surface area (Å²) in [6, 6.07) is 1.10. The summed E-state index contributed by atoms with van der Waals surface area (Å²) in [5, 5.41) is 10.3. The van der Waals surface area contributed by atoms with Crippen LogP contribution in [0.3, 0.4) is 0 Å². The van der Waals surface area contributed by atoms with Gasteiger partial charge in [0.1, 0.15) is 0 Å². The van der Waals surface area contributed by atoms with E-state index in [2.05, 4.69) is 30.8 Å². The molecule has 106 valence electrons. The predicted molar refractivity (Wildman–Crippen MR) is 75.7 cm³/mol. The number of likely N-dealkylation sites (tertiary alicyclic amines) is 1. The van der Waals surface area contributed by atoms with Crippen LogP contribution < -0.4 is 0 Å². The van der Waals surface area contributed by atoms with Gasteiger partial charge in [0.15, 0.2) is 0 Å². The first-order chi connectivity index (χ1) is 8.61. The summed E-state index contributed by atoms with van der Waals surface area (Å²) in [5.74, 6) is 0.832. The fourth-order valence-corrected chi connectivity index (χ4v) is 3.68. The molecule has 2 aliphatic rings. The Bertz CT molecular complexity index is 257. The van der Waals surface area contributed by atoms with Gasteiger partial charge in [-0.05, 0) is 58.7 Å². The van der Waals surface area contributed by atoms with Gasteiger partial charge in [0.2, 0.25) is 0 Å². The molecule has 3 nitrogen and oxygen atoms in total. The monoisotopic (exact) mass is 254 g/mol. The van der Waals surface area contributed by atoms with E-state index in [-0.39, 0.29) is 6.10 Å². The summed E-state index contributed by atoms with van der Waals surface area (Å²) < 4.78 is 0. The SMILES string of the molecule is CCC1CCC(O)C(N2CCCC(N(C)C)C2)C1. The number of likely N-dealkylation sites (N-methyl/N-ethyl adjacent to an activating group) is 1. The van der Waals surface area contributed by atoms with E-state index in [1.165, 1.54) is 38.6 Å². The summed E-state index contributed by atoms with van der Waals surface area (Å²) in [6.45, 7) is 4.62. The maximum atomic E-state index is 10.3. The van der Waals surface area contributed by atoms with E-state index in [9.17, 15) is 5.11 Å². The molecule has 0 aromatic rings. The Morgan fingerprint density at radius 1 is 1.22 bits per heavy atom. The number of hydrogen-bond acceptors (Lipinski definition) is 3. The highest BCUT2D eigenvalue weighted by Crippen LogP contribution is 2.31. The van der Waals surface area contributed by atoms with Crippen LogP contribution in [-0.4, -0.2) is 60.3 Å². The highest BCUT2D eigenvalue weighted by Gasteiger charge is 2.35. The molecule has 0 aromatic carbocycles. The molecular formula is C15H30N2O. The van der Waals surface area contributed by atoms with Gasteiger partial charge in [-0.15, -0.1) is 0 Å². The zero-order valence-electron chi connectivity index (χ0n) is 12.3. The Hall–Kier alpha value is -0.120. The zero-order chi connectivity index (χ0) is 13.1. The number of aliphatic hydroxyl groups is 1. The molecule has 18 heavy (non-hydrogen) atoms. The molecule has 2 fully saturated rings. The van der Waals surface area contributed by atoms with E-state index in [1.807, 2.05) is 0 Å². The van der Waals surface area contributed by atoms with Crippen molar-refractivity contribution >= 4 is 0 Å². The second-order valence-electron chi connectivity index (χ2n) is 6.48. The Labute approximate surface area is 112 Å². The van der Waals surface area contributed by atoms with Crippen LogP contribution >= 0.6 is 0 Å². The van der Waals surface area contributed by atoms with Crippen LogP contribution in [0.25, 0.3) is 0 Å². The van der Waals surface area contributed by atoms with Gasteiger partial charge in [0, 0.05) is 18.6 Å². The van der Waals surface area contributed by atoms with Crippen molar-refractivity contribution in [3.05, 3.63) is 0 Å². The summed E-state index contributed by atoms with van der Waals surface area (Å²) in [6.07, 6.45) is 7.21. The van der Waals surface area contributed by atoms with Crippen molar-refractivity contribution in [1.82, 2.24) is 9.80 Å². The molecule has 3 heteroatoms. The Balaban J connectivity index is 1.96. The van der Waals surface area contributed by atoms with Crippen LogP contribution in [0.4, 0.5) is 0 Å². The molecule has 1 saturated heterocycles. The molecule has 4 unspecified atom stereocenters. The molecule has 1 heterocycles. The summed E-state index contributed by atoms with van der Waals surface area (Å²) in [4.78, 5) is 4.92. The van der Waals surface area contributed by atoms with E-state index in [0.29, 0.717) is 12.1 Å². The number of hydrogen-bond donors (Lipinski definition) is 1. The molecule has 1 saturated carbocycles. The van der Waals surface area contributed by atoms with Crippen molar-refractivity contribution in [1.29, 1.82) is 0 Å². The van der Waals surface area contributed by atoms with Crippen LogP contribution in [0.1, 0.15) is 45.4 Å². The van der Waals surface area contributed by atoms with E-state index < -0.39 is 0 Å². The van der Waals surface area contributed by atoms with Crippen LogP contribution in [0.2, 0.25) is 0 Å². The van der Waals surface area contributed by atoms with Crippen molar-refractivity contribution in [2.75, 3.05) is 27.2 Å². The van der Waals surface area contributed by atoms with Crippen LogP contribution in [0.5, 0.6) is 0 Å². The maximum absolute atomic E-state index is 10.3. The smallest absolute Gasteiger partial charge is 0.0695 e. The fraction of sp³-hybridized carbons (Fsp3) is 1.00. The van der Waals surface area contributed by atoms with Gasteiger partial charge in [0.05, 0.1) is 6.10 Å². The molecule has 0 amide bonds. The minimum atomic E-state index is -0.0892. The molecule has 4 atom stereocenters. The Morgan fingerprint density at radius 3 is 2.67 bits per heavy atom. The third-order valence-corrected chi connectivity index (χ3v) is 5.09. The van der Waals surface area contributed by atoms with Gasteiger partial charge >= 0.3 is 0 Å². The second kappa shape index (κ2) is 6.36. The zero-order valence-corrected chi connectivity index (χ0v) is 12.3. The molecule has 1 aliphatic heterocycles. The van der Waals surface area contributed by atoms with Gasteiger partial charge in [0.25, 0.3) is 0 Å². The number of rotatable bonds is 3. The fourth-order valence-electron chi connectivity index (χ4n) is 3.68. The minimum Gasteiger partial charge on any atom is -0.391 e. The lowest BCUT2D eigenvalue weighted by Gasteiger charge is -2.45. The maximum Gasteiger partial charge on any atom is 0.0695 e. The number of piperidine rings is 1. The van der Waals surface area contributed by atoms with E-state index >= 15 is 0 Å². The quantitative estimate of drug-likeness (QED) is 0.834. The highest BCUT2D eigenvalue weighted by atomic mass is 16.3. The molecule has 1 aliphatic carbocycles. The van der Waals surface area contributed by atoms with Gasteiger partial charge < -0.3 is 10.0 Å². The summed E-state index contributed by atoms with van der Waals surface area (Å²) in [5.41, 5.74) is 0. The lowest BCUT2D eigenvalue weighted by molar-refractivity contribution is -0.0185. The highest BCUT2D eigenvalue weighted by molar-refractivity contribution is 4.90. The topological polar surface area (TPSA) is 26.7 Å². The Morgan fingerprint density at radius 2 is 2.00 bits per heavy atom. The van der Waals surface area contributed by atoms with E-state index in [0.717, 1.165) is 18.9 Å². The van der Waals surface area contributed by atoms with Crippen molar-refractivity contribution in [2.45, 2.75) is 63.6 Å². The third-order valence-electron chi connectivity index (χ3n) is 5.09. The molecule has 2 rings (SSSR count). The molecule has 0 radical (unpaired) electrons. The van der Waals surface area contributed by atoms with Gasteiger partial charge in [-0.2, -0.15) is 0 Å². The molecule has 0 aromatic heterocycles. The van der Waals surface area contributed by atoms with Gasteiger partial charge in [-0.3, -0.25) is 4.90 Å². The first-order valence-corrected chi connectivity index (χ1v) is 7.70. The predicted octanol–water partition coefficient (Wildman–Crippen LogP) is 1.95. The number of aliphatic hydroxyl groups excluding tert-OH is 1. The van der Waals surface area contributed by atoms with Crippen LogP contribution in [0, 0.1) is 5.92 Å². The molecule has 1 N–H and O–H groups in total.